The van der Waals surface area contributed by atoms with Crippen LogP contribution in [0, 0.1) is 6.92 Å². The van der Waals surface area contributed by atoms with Crippen LogP contribution in [0.2, 0.25) is 5.02 Å². The number of benzene rings is 4. The van der Waals surface area contributed by atoms with E-state index in [1.54, 1.807) is 72.8 Å². The molecule has 0 radical (unpaired) electrons. The largest absolute Gasteiger partial charge is 0.491 e. The highest BCUT2D eigenvalue weighted by atomic mass is 35.5. The number of ether oxygens (including phenoxy) is 1. The second-order valence-electron chi connectivity index (χ2n) is 9.77. The average Bonchev–Trinajstić information content (AvgIpc) is 2.95. The smallest absolute Gasteiger partial charge is 0.264 e. The van der Waals surface area contributed by atoms with Gasteiger partial charge in [0.1, 0.15) is 12.4 Å². The van der Waals surface area contributed by atoms with Crippen molar-refractivity contribution in [1.29, 1.82) is 0 Å². The van der Waals surface area contributed by atoms with Crippen LogP contribution >= 0.6 is 11.6 Å². The molecule has 1 N–H and O–H groups in total. The van der Waals surface area contributed by atoms with E-state index in [-0.39, 0.29) is 35.8 Å². The van der Waals surface area contributed by atoms with Gasteiger partial charge in [-0.15, -0.1) is 0 Å². The summed E-state index contributed by atoms with van der Waals surface area (Å²) in [5.41, 5.74) is 3.29. The maximum Gasteiger partial charge on any atom is 0.264 e. The number of halogens is 1. The molecule has 0 saturated heterocycles. The summed E-state index contributed by atoms with van der Waals surface area (Å²) in [5.74, 6) is 0.696. The number of carbonyl (C=O) groups is 1. The van der Waals surface area contributed by atoms with Gasteiger partial charge in [-0.1, -0.05) is 85.6 Å². The third-order valence-corrected chi connectivity index (χ3v) is 8.48. The summed E-state index contributed by atoms with van der Waals surface area (Å²) in [6.45, 7) is 6.64. The van der Waals surface area contributed by atoms with Gasteiger partial charge in [0.05, 0.1) is 29.2 Å². The number of para-hydroxylation sites is 2. The number of hydrogen-bond donors (Lipinski definition) is 1. The second-order valence-corrected chi connectivity index (χ2v) is 12.1. The molecule has 0 aliphatic rings. The predicted molar refractivity (Wildman–Crippen MR) is 161 cm³/mol. The van der Waals surface area contributed by atoms with E-state index in [9.17, 15) is 13.2 Å². The lowest BCUT2D eigenvalue weighted by atomic mass is 10.0. The van der Waals surface area contributed by atoms with Gasteiger partial charge in [-0.25, -0.2) is 8.42 Å². The molecule has 0 fully saturated rings. The zero-order valence-corrected chi connectivity index (χ0v) is 24.4. The number of aryl methyl sites for hydroxylation is 1. The summed E-state index contributed by atoms with van der Waals surface area (Å²) in [6, 6.07) is 28.2. The van der Waals surface area contributed by atoms with Crippen LogP contribution in [0.15, 0.2) is 102 Å². The van der Waals surface area contributed by atoms with Crippen molar-refractivity contribution >= 4 is 33.2 Å². The molecule has 4 rings (SSSR count). The Morgan fingerprint density at radius 3 is 2.25 bits per heavy atom. The molecule has 40 heavy (non-hydrogen) atoms. The van der Waals surface area contributed by atoms with Crippen LogP contribution < -0.4 is 14.4 Å². The first-order valence-electron chi connectivity index (χ1n) is 13.1. The molecular weight excluding hydrogens is 544 g/mol. The Kier molecular flexibility index (Phi) is 9.50. The van der Waals surface area contributed by atoms with E-state index in [2.05, 4.69) is 19.2 Å². The van der Waals surface area contributed by atoms with Gasteiger partial charge < -0.3 is 10.1 Å². The molecular formula is C32H33ClN2O4S. The summed E-state index contributed by atoms with van der Waals surface area (Å²) in [6.07, 6.45) is 0. The van der Waals surface area contributed by atoms with E-state index >= 15 is 0 Å². The van der Waals surface area contributed by atoms with Gasteiger partial charge in [0.2, 0.25) is 0 Å². The van der Waals surface area contributed by atoms with Crippen LogP contribution in [-0.2, 0) is 16.6 Å². The normalized spacial score (nSPS) is 11.3. The maximum absolute atomic E-state index is 13.9. The van der Waals surface area contributed by atoms with E-state index in [4.69, 9.17) is 16.3 Å². The molecule has 0 spiro atoms. The van der Waals surface area contributed by atoms with Crippen LogP contribution in [0.1, 0.15) is 46.8 Å². The molecule has 8 heteroatoms. The minimum absolute atomic E-state index is 0.0206. The predicted octanol–water partition coefficient (Wildman–Crippen LogP) is 6.98. The molecule has 0 heterocycles. The summed E-state index contributed by atoms with van der Waals surface area (Å²) < 4.78 is 35.1. The van der Waals surface area contributed by atoms with Crippen molar-refractivity contribution in [3.8, 4) is 5.75 Å². The van der Waals surface area contributed by atoms with Crippen molar-refractivity contribution in [2.45, 2.75) is 38.1 Å². The zero-order valence-electron chi connectivity index (χ0n) is 22.8. The lowest BCUT2D eigenvalue weighted by Crippen LogP contribution is -2.34. The number of rotatable bonds is 11. The van der Waals surface area contributed by atoms with Crippen molar-refractivity contribution in [2.75, 3.05) is 17.5 Å². The Labute approximate surface area is 241 Å². The SMILES string of the molecule is Cc1ccc(S(=O)(=O)N(Cc2ccc(Cl)cc2)c2ccccc2C(=O)NCCOc2ccccc2C(C)C)cc1. The summed E-state index contributed by atoms with van der Waals surface area (Å²) in [4.78, 5) is 13.5. The first-order valence-corrected chi connectivity index (χ1v) is 14.9. The summed E-state index contributed by atoms with van der Waals surface area (Å²) in [7, 11) is -4.01. The molecule has 0 bridgehead atoms. The fourth-order valence-electron chi connectivity index (χ4n) is 4.29. The molecule has 0 unspecified atom stereocenters. The van der Waals surface area contributed by atoms with Crippen LogP contribution in [0.5, 0.6) is 5.75 Å². The highest BCUT2D eigenvalue weighted by Crippen LogP contribution is 2.30. The standard InChI is InChI=1S/C32H33ClN2O4S/c1-23(2)28-8-5-7-11-31(28)39-21-20-34-32(36)29-9-4-6-10-30(29)35(22-25-14-16-26(33)17-15-25)40(37,38)27-18-12-24(3)13-19-27/h4-19,23H,20-22H2,1-3H3,(H,34,36). The summed E-state index contributed by atoms with van der Waals surface area (Å²) >= 11 is 6.06. The molecule has 208 valence electrons. The molecule has 6 nitrogen and oxygen atoms in total. The van der Waals surface area contributed by atoms with Crippen LogP contribution in [-0.4, -0.2) is 27.5 Å². The van der Waals surface area contributed by atoms with Crippen molar-refractivity contribution in [1.82, 2.24) is 5.32 Å². The van der Waals surface area contributed by atoms with Gasteiger partial charge in [0.15, 0.2) is 0 Å². The molecule has 0 aliphatic carbocycles. The monoisotopic (exact) mass is 576 g/mol. The molecule has 0 atom stereocenters. The van der Waals surface area contributed by atoms with E-state index in [1.165, 1.54) is 4.31 Å². The van der Waals surface area contributed by atoms with Crippen LogP contribution in [0.25, 0.3) is 0 Å². The molecule has 4 aromatic carbocycles. The lowest BCUT2D eigenvalue weighted by Gasteiger charge is -2.27. The quantitative estimate of drug-likeness (QED) is 0.196. The number of nitrogens with zero attached hydrogens (tertiary/aromatic N) is 1. The van der Waals surface area contributed by atoms with Crippen LogP contribution in [0.4, 0.5) is 5.69 Å². The highest BCUT2D eigenvalue weighted by Gasteiger charge is 2.28. The van der Waals surface area contributed by atoms with E-state index in [0.717, 1.165) is 22.4 Å². The zero-order chi connectivity index (χ0) is 28.7. The van der Waals surface area contributed by atoms with Gasteiger partial charge in [0.25, 0.3) is 15.9 Å². The summed E-state index contributed by atoms with van der Waals surface area (Å²) in [5, 5.41) is 3.43. The first kappa shape index (κ1) is 29.2. The van der Waals surface area contributed by atoms with Gasteiger partial charge in [0, 0.05) is 5.02 Å². The van der Waals surface area contributed by atoms with Crippen LogP contribution in [0.3, 0.4) is 0 Å². The molecule has 1 amide bonds. The number of anilines is 1. The average molecular weight is 577 g/mol. The molecule has 4 aromatic rings. The number of amides is 1. The minimum atomic E-state index is -4.01. The van der Waals surface area contributed by atoms with E-state index in [1.807, 2.05) is 31.2 Å². The fraction of sp³-hybridized carbons (Fsp3) is 0.219. The Morgan fingerprint density at radius 2 is 1.55 bits per heavy atom. The Morgan fingerprint density at radius 1 is 0.900 bits per heavy atom. The maximum atomic E-state index is 13.9. The van der Waals surface area contributed by atoms with Crippen molar-refractivity contribution < 1.29 is 17.9 Å². The molecule has 0 aromatic heterocycles. The Bertz CT molecular complexity index is 1550. The fourth-order valence-corrected chi connectivity index (χ4v) is 5.88. The van der Waals surface area contributed by atoms with Gasteiger partial charge >= 0.3 is 0 Å². The van der Waals surface area contributed by atoms with Gasteiger partial charge in [-0.05, 0) is 66.4 Å². The van der Waals surface area contributed by atoms with Crippen molar-refractivity contribution in [2.24, 2.45) is 0 Å². The van der Waals surface area contributed by atoms with Crippen molar-refractivity contribution in [3.63, 3.8) is 0 Å². The first-order chi connectivity index (χ1) is 19.2. The lowest BCUT2D eigenvalue weighted by molar-refractivity contribution is 0.0947. The van der Waals surface area contributed by atoms with Crippen molar-refractivity contribution in [3.05, 3.63) is 124 Å². The second kappa shape index (κ2) is 13.0. The van der Waals surface area contributed by atoms with Gasteiger partial charge in [-0.2, -0.15) is 0 Å². The number of sulfonamides is 1. The number of nitrogens with one attached hydrogen (secondary N) is 1. The highest BCUT2D eigenvalue weighted by molar-refractivity contribution is 7.92. The minimum Gasteiger partial charge on any atom is -0.491 e. The molecule has 0 saturated carbocycles. The molecule has 0 aliphatic heterocycles. The Hall–Kier alpha value is -3.81. The third kappa shape index (κ3) is 7.03. The number of carbonyl (C=O) groups excluding carboxylic acids is 1. The van der Waals surface area contributed by atoms with Gasteiger partial charge in [-0.3, -0.25) is 9.10 Å². The van der Waals surface area contributed by atoms with E-state index in [0.29, 0.717) is 10.9 Å². The number of hydrogen-bond acceptors (Lipinski definition) is 4. The van der Waals surface area contributed by atoms with E-state index < -0.39 is 15.9 Å². The third-order valence-electron chi connectivity index (χ3n) is 6.45. The Balaban J connectivity index is 1.59. The topological polar surface area (TPSA) is 75.7 Å².